The van der Waals surface area contributed by atoms with Gasteiger partial charge in [-0.2, -0.15) is 0 Å². The molecule has 0 aliphatic heterocycles. The number of hydrogen-bond donors (Lipinski definition) is 2. The topological polar surface area (TPSA) is 93.8 Å². The lowest BCUT2D eigenvalue weighted by Crippen LogP contribution is -2.13. The molecule has 0 atom stereocenters. The van der Waals surface area contributed by atoms with E-state index in [9.17, 15) is 4.79 Å². The molecular weight excluding hydrogens is 206 g/mol. The molecule has 2 aromatic rings. The van der Waals surface area contributed by atoms with Gasteiger partial charge in [-0.25, -0.2) is 9.97 Å². The minimum absolute atomic E-state index is 0.249. The standard InChI is InChI=1S/C10H9N5O/c11-9-2-1-7(5-14-9)15-10(16)8-6-12-3-4-13-8/h1-6H,(H2,11,14)(H,15,16). The second kappa shape index (κ2) is 4.35. The lowest BCUT2D eigenvalue weighted by molar-refractivity contribution is 0.102. The maximum Gasteiger partial charge on any atom is 0.275 e. The van der Waals surface area contributed by atoms with Crippen molar-refractivity contribution in [1.29, 1.82) is 0 Å². The smallest absolute Gasteiger partial charge is 0.275 e. The Labute approximate surface area is 91.6 Å². The maximum absolute atomic E-state index is 11.6. The largest absolute Gasteiger partial charge is 0.384 e. The van der Waals surface area contributed by atoms with Crippen LogP contribution >= 0.6 is 0 Å². The van der Waals surface area contributed by atoms with Gasteiger partial charge in [-0.05, 0) is 12.1 Å². The van der Waals surface area contributed by atoms with Crippen LogP contribution in [0.3, 0.4) is 0 Å². The van der Waals surface area contributed by atoms with Crippen LogP contribution in [-0.4, -0.2) is 20.9 Å². The Bertz CT molecular complexity index is 482. The summed E-state index contributed by atoms with van der Waals surface area (Å²) in [5.74, 6) is 0.0668. The summed E-state index contributed by atoms with van der Waals surface area (Å²) in [6, 6.07) is 3.27. The third-order valence-corrected chi connectivity index (χ3v) is 1.84. The molecule has 6 heteroatoms. The number of nitrogens with zero attached hydrogens (tertiary/aromatic N) is 3. The molecule has 16 heavy (non-hydrogen) atoms. The van der Waals surface area contributed by atoms with E-state index in [1.54, 1.807) is 12.1 Å². The van der Waals surface area contributed by atoms with Crippen LogP contribution in [0.2, 0.25) is 0 Å². The van der Waals surface area contributed by atoms with Crippen LogP contribution in [0.1, 0.15) is 10.5 Å². The quantitative estimate of drug-likeness (QED) is 0.769. The Morgan fingerprint density at radius 1 is 1.19 bits per heavy atom. The fourth-order valence-electron chi connectivity index (χ4n) is 1.09. The van der Waals surface area contributed by atoms with Crippen LogP contribution in [0.25, 0.3) is 0 Å². The monoisotopic (exact) mass is 215 g/mol. The minimum Gasteiger partial charge on any atom is -0.384 e. The molecule has 0 aromatic carbocycles. The highest BCUT2D eigenvalue weighted by Crippen LogP contribution is 2.07. The van der Waals surface area contributed by atoms with Gasteiger partial charge in [-0.15, -0.1) is 0 Å². The van der Waals surface area contributed by atoms with Crippen LogP contribution in [0.15, 0.2) is 36.9 Å². The lowest BCUT2D eigenvalue weighted by atomic mass is 10.3. The second-order valence-corrected chi connectivity index (χ2v) is 3.02. The van der Waals surface area contributed by atoms with Gasteiger partial charge in [0.1, 0.15) is 11.5 Å². The summed E-state index contributed by atoms with van der Waals surface area (Å²) in [7, 11) is 0. The zero-order valence-corrected chi connectivity index (χ0v) is 8.29. The first-order valence-electron chi connectivity index (χ1n) is 4.54. The fourth-order valence-corrected chi connectivity index (χ4v) is 1.09. The van der Waals surface area contributed by atoms with Gasteiger partial charge in [-0.3, -0.25) is 9.78 Å². The van der Waals surface area contributed by atoms with Crippen LogP contribution in [-0.2, 0) is 0 Å². The van der Waals surface area contributed by atoms with E-state index in [0.29, 0.717) is 11.5 Å². The average molecular weight is 215 g/mol. The van der Waals surface area contributed by atoms with Crippen molar-refractivity contribution in [2.45, 2.75) is 0 Å². The summed E-state index contributed by atoms with van der Waals surface area (Å²) in [5, 5.41) is 2.63. The minimum atomic E-state index is -0.334. The number of carbonyl (C=O) groups excluding carboxylic acids is 1. The number of nitrogen functional groups attached to an aromatic ring is 1. The van der Waals surface area contributed by atoms with Crippen molar-refractivity contribution in [3.63, 3.8) is 0 Å². The molecule has 2 heterocycles. The molecule has 0 saturated carbocycles. The number of nitrogens with one attached hydrogen (secondary N) is 1. The highest BCUT2D eigenvalue weighted by atomic mass is 16.1. The number of pyridine rings is 1. The Hall–Kier alpha value is -2.50. The van der Waals surface area contributed by atoms with Gasteiger partial charge in [0, 0.05) is 12.4 Å². The molecule has 3 N–H and O–H groups in total. The molecule has 0 aliphatic rings. The van der Waals surface area contributed by atoms with Crippen molar-refractivity contribution in [1.82, 2.24) is 15.0 Å². The van der Waals surface area contributed by atoms with Crippen LogP contribution in [0, 0.1) is 0 Å². The summed E-state index contributed by atoms with van der Waals surface area (Å²) in [4.78, 5) is 23.2. The summed E-state index contributed by atoms with van der Waals surface area (Å²) in [6.45, 7) is 0. The molecule has 0 bridgehead atoms. The van der Waals surface area contributed by atoms with Crippen molar-refractivity contribution >= 4 is 17.4 Å². The summed E-state index contributed by atoms with van der Waals surface area (Å²) < 4.78 is 0. The average Bonchev–Trinajstić information content (AvgIpc) is 2.33. The molecule has 0 aliphatic carbocycles. The summed E-state index contributed by atoms with van der Waals surface area (Å²) >= 11 is 0. The van der Waals surface area contributed by atoms with Crippen molar-refractivity contribution in [2.75, 3.05) is 11.1 Å². The van der Waals surface area contributed by atoms with Gasteiger partial charge in [0.15, 0.2) is 0 Å². The molecule has 0 saturated heterocycles. The van der Waals surface area contributed by atoms with E-state index in [0.717, 1.165) is 0 Å². The maximum atomic E-state index is 11.6. The van der Waals surface area contributed by atoms with Crippen LogP contribution in [0.5, 0.6) is 0 Å². The Morgan fingerprint density at radius 3 is 2.69 bits per heavy atom. The number of rotatable bonds is 2. The van der Waals surface area contributed by atoms with E-state index < -0.39 is 0 Å². The molecule has 0 unspecified atom stereocenters. The van der Waals surface area contributed by atoms with Crippen molar-refractivity contribution in [3.8, 4) is 0 Å². The Morgan fingerprint density at radius 2 is 2.06 bits per heavy atom. The highest BCUT2D eigenvalue weighted by molar-refractivity contribution is 6.02. The first-order valence-corrected chi connectivity index (χ1v) is 4.54. The van der Waals surface area contributed by atoms with E-state index in [2.05, 4.69) is 20.3 Å². The first kappa shape index (κ1) is 10.0. The highest BCUT2D eigenvalue weighted by Gasteiger charge is 2.06. The van der Waals surface area contributed by atoms with E-state index in [1.165, 1.54) is 24.8 Å². The molecule has 2 rings (SSSR count). The van der Waals surface area contributed by atoms with E-state index in [1.807, 2.05) is 0 Å². The predicted octanol–water partition coefficient (Wildman–Crippen LogP) is 0.706. The van der Waals surface area contributed by atoms with E-state index in [-0.39, 0.29) is 11.6 Å². The molecule has 2 aromatic heterocycles. The van der Waals surface area contributed by atoms with E-state index >= 15 is 0 Å². The molecule has 6 nitrogen and oxygen atoms in total. The van der Waals surface area contributed by atoms with Crippen molar-refractivity contribution < 1.29 is 4.79 Å². The van der Waals surface area contributed by atoms with Crippen LogP contribution < -0.4 is 11.1 Å². The normalized spacial score (nSPS) is 9.75. The van der Waals surface area contributed by atoms with Crippen LogP contribution in [0.4, 0.5) is 11.5 Å². The number of carbonyl (C=O) groups is 1. The fraction of sp³-hybridized carbons (Fsp3) is 0. The Balaban J connectivity index is 2.11. The SMILES string of the molecule is Nc1ccc(NC(=O)c2cnccn2)cn1. The third-order valence-electron chi connectivity index (χ3n) is 1.84. The van der Waals surface area contributed by atoms with Gasteiger partial charge in [0.05, 0.1) is 18.1 Å². The van der Waals surface area contributed by atoms with Gasteiger partial charge < -0.3 is 11.1 Å². The van der Waals surface area contributed by atoms with Crippen molar-refractivity contribution in [2.24, 2.45) is 0 Å². The molecular formula is C10H9N5O. The molecule has 80 valence electrons. The predicted molar refractivity (Wildman–Crippen MR) is 58.6 cm³/mol. The zero-order chi connectivity index (χ0) is 11.4. The van der Waals surface area contributed by atoms with Crippen molar-refractivity contribution in [3.05, 3.63) is 42.6 Å². The number of nitrogens with two attached hydrogens (primary N) is 1. The third kappa shape index (κ3) is 2.30. The molecule has 0 radical (unpaired) electrons. The Kier molecular flexibility index (Phi) is 2.73. The first-order chi connectivity index (χ1) is 7.75. The molecule has 0 spiro atoms. The van der Waals surface area contributed by atoms with Gasteiger partial charge in [-0.1, -0.05) is 0 Å². The van der Waals surface area contributed by atoms with E-state index in [4.69, 9.17) is 5.73 Å². The van der Waals surface area contributed by atoms with Gasteiger partial charge in [0.2, 0.25) is 0 Å². The van der Waals surface area contributed by atoms with Gasteiger partial charge >= 0.3 is 0 Å². The summed E-state index contributed by atoms with van der Waals surface area (Å²) in [5.41, 5.74) is 6.23. The zero-order valence-electron chi connectivity index (χ0n) is 8.29. The molecule has 1 amide bonds. The summed E-state index contributed by atoms with van der Waals surface area (Å²) in [6.07, 6.45) is 5.82. The van der Waals surface area contributed by atoms with Gasteiger partial charge in [0.25, 0.3) is 5.91 Å². The molecule has 0 fully saturated rings. The number of anilines is 2. The number of aromatic nitrogens is 3. The lowest BCUT2D eigenvalue weighted by Gasteiger charge is -2.03. The number of amides is 1. The second-order valence-electron chi connectivity index (χ2n) is 3.02. The number of hydrogen-bond acceptors (Lipinski definition) is 5.